The summed E-state index contributed by atoms with van der Waals surface area (Å²) in [6, 6.07) is 8.49. The third kappa shape index (κ3) is 3.14. The second-order valence-electron chi connectivity index (χ2n) is 7.21. The number of halogens is 1. The summed E-state index contributed by atoms with van der Waals surface area (Å²) in [7, 11) is 0. The average molecular weight is 402 g/mol. The third-order valence-electron chi connectivity index (χ3n) is 5.52. The van der Waals surface area contributed by atoms with E-state index in [4.69, 9.17) is 5.10 Å². The Morgan fingerprint density at radius 1 is 1.12 bits per heavy atom. The molecule has 5 heteroatoms. The first-order valence-corrected chi connectivity index (χ1v) is 10.1. The summed E-state index contributed by atoms with van der Waals surface area (Å²) in [6.07, 6.45) is 7.71. The molecule has 4 nitrogen and oxygen atoms in total. The highest BCUT2D eigenvalue weighted by Crippen LogP contribution is 2.29. The second kappa shape index (κ2) is 6.94. The van der Waals surface area contributed by atoms with Crippen molar-refractivity contribution in [2.24, 2.45) is 0 Å². The van der Waals surface area contributed by atoms with Gasteiger partial charge in [-0.2, -0.15) is 5.10 Å². The molecular weight excluding hydrogens is 378 g/mol. The lowest BCUT2D eigenvalue weighted by Crippen LogP contribution is -2.42. The molecule has 4 rings (SSSR count). The Morgan fingerprint density at radius 2 is 1.88 bits per heavy atom. The molecule has 25 heavy (non-hydrogen) atoms. The lowest BCUT2D eigenvalue weighted by Gasteiger charge is -2.33. The molecule has 0 bridgehead atoms. The van der Waals surface area contributed by atoms with Crippen LogP contribution in [0.15, 0.2) is 28.7 Å². The van der Waals surface area contributed by atoms with E-state index in [-0.39, 0.29) is 5.91 Å². The van der Waals surface area contributed by atoms with E-state index in [2.05, 4.69) is 35.0 Å². The fraction of sp³-hybridized carbons (Fsp3) is 0.500. The van der Waals surface area contributed by atoms with Gasteiger partial charge in [-0.05, 0) is 76.1 Å². The minimum atomic E-state index is 0.126. The Balaban J connectivity index is 1.75. The molecule has 1 aromatic heterocycles. The molecular formula is C20H24BrN3O. The van der Waals surface area contributed by atoms with Gasteiger partial charge in [0.05, 0.1) is 5.69 Å². The summed E-state index contributed by atoms with van der Waals surface area (Å²) in [4.78, 5) is 15.3. The molecule has 1 fully saturated rings. The summed E-state index contributed by atoms with van der Waals surface area (Å²) in [5.74, 6) is 0.126. The molecule has 1 saturated heterocycles. The van der Waals surface area contributed by atoms with Crippen LogP contribution in [0, 0.1) is 0 Å². The number of carbonyl (C=O) groups is 1. The number of fused-ring (bicyclic) bond motifs is 1. The minimum Gasteiger partial charge on any atom is -0.335 e. The molecule has 1 unspecified atom stereocenters. The standard InChI is InChI=1S/C20H24BrN3O/c1-14-6-4-5-13-23(14)20(25)19-17-7-2-3-8-18(17)24(22-19)16-11-9-15(21)10-12-16/h9-12,14H,2-8,13H2,1H3. The van der Waals surface area contributed by atoms with Gasteiger partial charge < -0.3 is 4.90 Å². The van der Waals surface area contributed by atoms with Gasteiger partial charge in [0.2, 0.25) is 0 Å². The van der Waals surface area contributed by atoms with Crippen LogP contribution in [-0.2, 0) is 12.8 Å². The molecule has 1 aliphatic heterocycles. The highest BCUT2D eigenvalue weighted by Gasteiger charge is 2.31. The number of rotatable bonds is 2. The summed E-state index contributed by atoms with van der Waals surface area (Å²) in [5.41, 5.74) is 4.12. The second-order valence-corrected chi connectivity index (χ2v) is 8.13. The normalized spacial score (nSPS) is 20.4. The topological polar surface area (TPSA) is 38.1 Å². The fourth-order valence-electron chi connectivity index (χ4n) is 4.10. The molecule has 1 atom stereocenters. The van der Waals surface area contributed by atoms with Gasteiger partial charge in [-0.25, -0.2) is 4.68 Å². The Labute approximate surface area is 157 Å². The van der Waals surface area contributed by atoms with Crippen molar-refractivity contribution in [2.75, 3.05) is 6.54 Å². The minimum absolute atomic E-state index is 0.126. The lowest BCUT2D eigenvalue weighted by molar-refractivity contribution is 0.0628. The fourth-order valence-corrected chi connectivity index (χ4v) is 4.37. The third-order valence-corrected chi connectivity index (χ3v) is 6.05. The zero-order valence-corrected chi connectivity index (χ0v) is 16.3. The van der Waals surface area contributed by atoms with Crippen molar-refractivity contribution in [2.45, 2.75) is 57.9 Å². The van der Waals surface area contributed by atoms with E-state index >= 15 is 0 Å². The van der Waals surface area contributed by atoms with Crippen LogP contribution in [0.2, 0.25) is 0 Å². The Kier molecular flexibility index (Phi) is 4.67. The van der Waals surface area contributed by atoms with Crippen molar-refractivity contribution in [3.63, 3.8) is 0 Å². The van der Waals surface area contributed by atoms with E-state index in [9.17, 15) is 4.79 Å². The van der Waals surface area contributed by atoms with E-state index in [1.807, 2.05) is 21.7 Å². The molecule has 0 N–H and O–H groups in total. The van der Waals surface area contributed by atoms with Crippen LogP contribution >= 0.6 is 15.9 Å². The van der Waals surface area contributed by atoms with Gasteiger partial charge in [0.15, 0.2) is 5.69 Å². The molecule has 0 spiro atoms. The zero-order chi connectivity index (χ0) is 17.4. The first-order valence-electron chi connectivity index (χ1n) is 9.33. The molecule has 2 heterocycles. The van der Waals surface area contributed by atoms with Crippen molar-refractivity contribution >= 4 is 21.8 Å². The van der Waals surface area contributed by atoms with E-state index in [0.717, 1.165) is 48.8 Å². The average Bonchev–Trinajstić information content (AvgIpc) is 3.02. The van der Waals surface area contributed by atoms with Crippen LogP contribution in [-0.4, -0.2) is 33.2 Å². The molecule has 1 aromatic carbocycles. The van der Waals surface area contributed by atoms with Crippen LogP contribution in [0.5, 0.6) is 0 Å². The molecule has 0 saturated carbocycles. The largest absolute Gasteiger partial charge is 0.335 e. The van der Waals surface area contributed by atoms with Gasteiger partial charge in [-0.1, -0.05) is 15.9 Å². The number of hydrogen-bond acceptors (Lipinski definition) is 2. The van der Waals surface area contributed by atoms with Crippen molar-refractivity contribution in [3.05, 3.63) is 45.7 Å². The van der Waals surface area contributed by atoms with Gasteiger partial charge in [-0.15, -0.1) is 0 Å². The van der Waals surface area contributed by atoms with E-state index < -0.39 is 0 Å². The monoisotopic (exact) mass is 401 g/mol. The lowest BCUT2D eigenvalue weighted by atomic mass is 9.94. The SMILES string of the molecule is CC1CCCCN1C(=O)c1nn(-c2ccc(Br)cc2)c2c1CCCC2. The smallest absolute Gasteiger partial charge is 0.274 e. The van der Waals surface area contributed by atoms with Crippen molar-refractivity contribution in [1.29, 1.82) is 0 Å². The number of likely N-dealkylation sites (tertiary alicyclic amines) is 1. The molecule has 2 aromatic rings. The highest BCUT2D eigenvalue weighted by molar-refractivity contribution is 9.10. The number of nitrogens with zero attached hydrogens (tertiary/aromatic N) is 3. The van der Waals surface area contributed by atoms with E-state index in [1.165, 1.54) is 24.1 Å². The van der Waals surface area contributed by atoms with Crippen molar-refractivity contribution < 1.29 is 4.79 Å². The predicted octanol–water partition coefficient (Wildman–Crippen LogP) is 4.53. The quantitative estimate of drug-likeness (QED) is 0.741. The van der Waals surface area contributed by atoms with Crippen LogP contribution in [0.1, 0.15) is 60.8 Å². The van der Waals surface area contributed by atoms with Gasteiger partial charge >= 0.3 is 0 Å². The summed E-state index contributed by atoms with van der Waals surface area (Å²) in [6.45, 7) is 3.02. The van der Waals surface area contributed by atoms with Gasteiger partial charge in [0, 0.05) is 28.3 Å². The van der Waals surface area contributed by atoms with Crippen LogP contribution in [0.25, 0.3) is 5.69 Å². The van der Waals surface area contributed by atoms with Crippen molar-refractivity contribution in [3.8, 4) is 5.69 Å². The number of amides is 1. The molecule has 1 aliphatic carbocycles. The van der Waals surface area contributed by atoms with Crippen LogP contribution in [0.3, 0.4) is 0 Å². The summed E-state index contributed by atoms with van der Waals surface area (Å²) in [5, 5.41) is 4.81. The van der Waals surface area contributed by atoms with E-state index in [0.29, 0.717) is 11.7 Å². The Morgan fingerprint density at radius 3 is 2.64 bits per heavy atom. The van der Waals surface area contributed by atoms with Crippen LogP contribution < -0.4 is 0 Å². The first-order chi connectivity index (χ1) is 12.1. The maximum absolute atomic E-state index is 13.2. The number of aromatic nitrogens is 2. The number of hydrogen-bond donors (Lipinski definition) is 0. The first kappa shape index (κ1) is 16.8. The maximum atomic E-state index is 13.2. The Bertz CT molecular complexity index is 781. The zero-order valence-electron chi connectivity index (χ0n) is 14.7. The van der Waals surface area contributed by atoms with Crippen LogP contribution in [0.4, 0.5) is 0 Å². The summed E-state index contributed by atoms with van der Waals surface area (Å²) >= 11 is 3.49. The predicted molar refractivity (Wildman–Crippen MR) is 102 cm³/mol. The van der Waals surface area contributed by atoms with Gasteiger partial charge in [-0.3, -0.25) is 4.79 Å². The molecule has 2 aliphatic rings. The highest BCUT2D eigenvalue weighted by atomic mass is 79.9. The van der Waals surface area contributed by atoms with Gasteiger partial charge in [0.1, 0.15) is 0 Å². The van der Waals surface area contributed by atoms with Gasteiger partial charge in [0.25, 0.3) is 5.91 Å². The molecule has 1 amide bonds. The number of piperidine rings is 1. The van der Waals surface area contributed by atoms with E-state index in [1.54, 1.807) is 0 Å². The number of benzene rings is 1. The van der Waals surface area contributed by atoms with Crippen molar-refractivity contribution in [1.82, 2.24) is 14.7 Å². The molecule has 0 radical (unpaired) electrons. The summed E-state index contributed by atoms with van der Waals surface area (Å²) < 4.78 is 3.05. The maximum Gasteiger partial charge on any atom is 0.274 e. The molecule has 132 valence electrons. The number of carbonyl (C=O) groups excluding carboxylic acids is 1. The Hall–Kier alpha value is -1.62.